The van der Waals surface area contributed by atoms with Crippen molar-refractivity contribution >= 4 is 11.8 Å². The van der Waals surface area contributed by atoms with Crippen LogP contribution in [0.5, 0.6) is 0 Å². The average molecular weight is 453 g/mol. The van der Waals surface area contributed by atoms with E-state index >= 15 is 0 Å². The Balaban J connectivity index is 0.000000360. The van der Waals surface area contributed by atoms with E-state index in [1.807, 2.05) is 18.5 Å². The molecule has 2 aliphatic rings. The van der Waals surface area contributed by atoms with Crippen LogP contribution in [-0.4, -0.2) is 76.5 Å². The van der Waals surface area contributed by atoms with E-state index in [9.17, 15) is 13.2 Å². The Labute approximate surface area is 184 Å². The lowest BCUT2D eigenvalue weighted by molar-refractivity contribution is -0.192. The fraction of sp³-hybridized carbons (Fsp3) is 0.524. The quantitative estimate of drug-likeness (QED) is 0.759. The standard InChI is InChI=1S/C19H25N5O.C2HF3O2/c1-2-6-21-17(4-1)13-23-10-11-25-16-19(14-23)5-3-9-24(15-19)18-12-20-7-8-22-18;3-2(4,5)1(6)7/h1-2,4,6-8,12H,3,5,9-11,13-16H2;(H,6,7). The first-order valence-corrected chi connectivity index (χ1v) is 10.3. The number of halogens is 3. The van der Waals surface area contributed by atoms with Crippen LogP contribution in [0.15, 0.2) is 43.0 Å². The van der Waals surface area contributed by atoms with Gasteiger partial charge in [0.1, 0.15) is 5.82 Å². The minimum atomic E-state index is -5.08. The molecule has 0 bridgehead atoms. The van der Waals surface area contributed by atoms with Gasteiger partial charge in [-0.1, -0.05) is 6.07 Å². The summed E-state index contributed by atoms with van der Waals surface area (Å²) in [6, 6.07) is 6.13. The van der Waals surface area contributed by atoms with Crippen molar-refractivity contribution in [1.82, 2.24) is 19.9 Å². The second-order valence-corrected chi connectivity index (χ2v) is 7.98. The molecule has 0 aliphatic carbocycles. The minimum Gasteiger partial charge on any atom is -0.475 e. The van der Waals surface area contributed by atoms with E-state index in [1.54, 1.807) is 12.4 Å². The lowest BCUT2D eigenvalue weighted by Crippen LogP contribution is -2.50. The normalized spacial score (nSPS) is 22.0. The van der Waals surface area contributed by atoms with Gasteiger partial charge in [0, 0.05) is 56.7 Å². The van der Waals surface area contributed by atoms with Crippen molar-refractivity contribution in [1.29, 1.82) is 0 Å². The minimum absolute atomic E-state index is 0.154. The molecule has 11 heteroatoms. The molecule has 2 aromatic rings. The molecule has 0 amide bonds. The van der Waals surface area contributed by atoms with E-state index in [0.29, 0.717) is 0 Å². The van der Waals surface area contributed by atoms with Gasteiger partial charge in [-0.15, -0.1) is 0 Å². The van der Waals surface area contributed by atoms with E-state index in [1.165, 1.54) is 6.42 Å². The maximum atomic E-state index is 10.6. The SMILES string of the molecule is O=C(O)C(F)(F)F.c1ccc(CN2CCOCC3(CCCN(c4cnccn4)C3)C2)nc1. The Bertz CT molecular complexity index is 857. The third kappa shape index (κ3) is 6.86. The number of aliphatic carboxylic acids is 1. The number of carboxylic acid groups (broad SMARTS) is 1. The van der Waals surface area contributed by atoms with Gasteiger partial charge in [-0.3, -0.25) is 14.9 Å². The number of carbonyl (C=O) groups is 1. The molecule has 2 aromatic heterocycles. The first-order valence-electron chi connectivity index (χ1n) is 10.3. The number of hydrogen-bond acceptors (Lipinski definition) is 7. The number of ether oxygens (including phenoxy) is 1. The summed E-state index contributed by atoms with van der Waals surface area (Å²) in [5.74, 6) is -1.78. The number of rotatable bonds is 3. The zero-order valence-electron chi connectivity index (χ0n) is 17.5. The van der Waals surface area contributed by atoms with Crippen LogP contribution in [0.1, 0.15) is 18.5 Å². The van der Waals surface area contributed by atoms with Crippen LogP contribution in [-0.2, 0) is 16.1 Å². The highest BCUT2D eigenvalue weighted by Crippen LogP contribution is 2.34. The predicted molar refractivity (Wildman–Crippen MR) is 110 cm³/mol. The first-order chi connectivity index (χ1) is 15.3. The highest BCUT2D eigenvalue weighted by molar-refractivity contribution is 5.73. The molecule has 4 heterocycles. The Hall–Kier alpha value is -2.79. The highest BCUT2D eigenvalue weighted by Gasteiger charge is 2.39. The monoisotopic (exact) mass is 453 g/mol. The Kier molecular flexibility index (Phi) is 7.97. The van der Waals surface area contributed by atoms with Crippen LogP contribution in [0.25, 0.3) is 0 Å². The van der Waals surface area contributed by atoms with Crippen molar-refractivity contribution in [2.45, 2.75) is 25.6 Å². The number of anilines is 1. The van der Waals surface area contributed by atoms with Crippen molar-refractivity contribution in [2.75, 3.05) is 44.3 Å². The molecule has 2 fully saturated rings. The smallest absolute Gasteiger partial charge is 0.475 e. The number of alkyl halides is 3. The number of hydrogen-bond donors (Lipinski definition) is 1. The lowest BCUT2D eigenvalue weighted by atomic mass is 9.80. The Morgan fingerprint density at radius 1 is 1.16 bits per heavy atom. The van der Waals surface area contributed by atoms with Gasteiger partial charge in [0.15, 0.2) is 0 Å². The second kappa shape index (κ2) is 10.7. The summed E-state index contributed by atoms with van der Waals surface area (Å²) in [5.41, 5.74) is 1.28. The highest BCUT2D eigenvalue weighted by atomic mass is 19.4. The topological polar surface area (TPSA) is 91.7 Å². The van der Waals surface area contributed by atoms with Crippen LogP contribution in [0, 0.1) is 5.41 Å². The van der Waals surface area contributed by atoms with Gasteiger partial charge in [-0.2, -0.15) is 13.2 Å². The number of piperidine rings is 1. The van der Waals surface area contributed by atoms with E-state index in [-0.39, 0.29) is 5.41 Å². The largest absolute Gasteiger partial charge is 0.490 e. The third-order valence-electron chi connectivity index (χ3n) is 5.41. The van der Waals surface area contributed by atoms with Crippen molar-refractivity contribution in [3.05, 3.63) is 48.7 Å². The molecule has 32 heavy (non-hydrogen) atoms. The van der Waals surface area contributed by atoms with Crippen molar-refractivity contribution < 1.29 is 27.8 Å². The number of nitrogens with zero attached hydrogens (tertiary/aromatic N) is 5. The first kappa shape index (κ1) is 23.9. The molecule has 0 saturated carbocycles. The molecule has 2 aliphatic heterocycles. The summed E-state index contributed by atoms with van der Waals surface area (Å²) in [6.45, 7) is 6.52. The molecule has 174 valence electrons. The molecule has 2 saturated heterocycles. The summed E-state index contributed by atoms with van der Waals surface area (Å²) >= 11 is 0. The molecular weight excluding hydrogens is 427 g/mol. The molecule has 4 rings (SSSR count). The van der Waals surface area contributed by atoms with Crippen LogP contribution < -0.4 is 4.90 Å². The maximum Gasteiger partial charge on any atom is 0.490 e. The van der Waals surface area contributed by atoms with Crippen molar-refractivity contribution in [2.24, 2.45) is 5.41 Å². The van der Waals surface area contributed by atoms with Gasteiger partial charge in [0.2, 0.25) is 0 Å². The van der Waals surface area contributed by atoms with Crippen molar-refractivity contribution in [3.63, 3.8) is 0 Å². The van der Waals surface area contributed by atoms with Crippen molar-refractivity contribution in [3.8, 4) is 0 Å². The zero-order valence-corrected chi connectivity index (χ0v) is 17.5. The summed E-state index contributed by atoms with van der Waals surface area (Å²) in [4.78, 5) is 27.0. The summed E-state index contributed by atoms with van der Waals surface area (Å²) < 4.78 is 37.8. The Morgan fingerprint density at radius 3 is 2.62 bits per heavy atom. The summed E-state index contributed by atoms with van der Waals surface area (Å²) in [7, 11) is 0. The van der Waals surface area contributed by atoms with Gasteiger partial charge in [-0.05, 0) is 25.0 Å². The molecule has 1 spiro atoms. The van der Waals surface area contributed by atoms with Gasteiger partial charge in [-0.25, -0.2) is 9.78 Å². The summed E-state index contributed by atoms with van der Waals surface area (Å²) in [5, 5.41) is 7.12. The second-order valence-electron chi connectivity index (χ2n) is 7.98. The summed E-state index contributed by atoms with van der Waals surface area (Å²) in [6.07, 6.45) is 4.51. The fourth-order valence-corrected chi connectivity index (χ4v) is 4.04. The molecule has 1 N–H and O–H groups in total. The number of pyridine rings is 1. The number of aromatic nitrogens is 3. The molecule has 1 unspecified atom stereocenters. The van der Waals surface area contributed by atoms with Crippen LogP contribution in [0.3, 0.4) is 0 Å². The molecule has 0 radical (unpaired) electrons. The van der Waals surface area contributed by atoms with Gasteiger partial charge >= 0.3 is 12.1 Å². The molecule has 0 aromatic carbocycles. The van der Waals surface area contributed by atoms with E-state index in [4.69, 9.17) is 14.6 Å². The fourth-order valence-electron chi connectivity index (χ4n) is 4.04. The van der Waals surface area contributed by atoms with Crippen LogP contribution in [0.2, 0.25) is 0 Å². The van der Waals surface area contributed by atoms with Gasteiger partial charge in [0.05, 0.1) is 25.1 Å². The molecule has 1 atom stereocenters. The lowest BCUT2D eigenvalue weighted by Gasteiger charge is -2.44. The Morgan fingerprint density at radius 2 is 1.97 bits per heavy atom. The third-order valence-corrected chi connectivity index (χ3v) is 5.41. The molecule has 8 nitrogen and oxygen atoms in total. The van der Waals surface area contributed by atoms with Gasteiger partial charge < -0.3 is 14.7 Å². The van der Waals surface area contributed by atoms with E-state index in [0.717, 1.165) is 63.9 Å². The molecular formula is C21H26F3N5O3. The zero-order chi connectivity index (χ0) is 23.0. The van der Waals surface area contributed by atoms with Crippen LogP contribution >= 0.6 is 0 Å². The average Bonchev–Trinajstić information content (AvgIpc) is 2.96. The van der Waals surface area contributed by atoms with E-state index < -0.39 is 12.1 Å². The number of carboxylic acids is 1. The van der Waals surface area contributed by atoms with Crippen LogP contribution in [0.4, 0.5) is 19.0 Å². The predicted octanol–water partition coefficient (Wildman–Crippen LogP) is 2.62. The van der Waals surface area contributed by atoms with E-state index in [2.05, 4.69) is 36.9 Å². The van der Waals surface area contributed by atoms with Gasteiger partial charge in [0.25, 0.3) is 0 Å². The maximum absolute atomic E-state index is 10.6.